The number of aryl methyl sites for hydroxylation is 1. The summed E-state index contributed by atoms with van der Waals surface area (Å²) in [4.78, 5) is 21.1. The van der Waals surface area contributed by atoms with E-state index in [9.17, 15) is 18.7 Å². The summed E-state index contributed by atoms with van der Waals surface area (Å²) in [6.45, 7) is 5.69. The largest absolute Gasteiger partial charge is 0.494 e. The van der Waals surface area contributed by atoms with Crippen LogP contribution in [-0.2, 0) is 12.8 Å². The van der Waals surface area contributed by atoms with E-state index >= 15 is 0 Å². The van der Waals surface area contributed by atoms with E-state index in [1.54, 1.807) is 23.6 Å². The number of benzene rings is 2. The normalized spacial score (nSPS) is 12.0. The average Bonchev–Trinajstić information content (AvgIpc) is 2.89. The van der Waals surface area contributed by atoms with Crippen LogP contribution < -0.4 is 5.56 Å². The Hall–Kier alpha value is -3.87. The Kier molecular flexibility index (Phi) is 8.11. The predicted octanol–water partition coefficient (Wildman–Crippen LogP) is 6.53. The van der Waals surface area contributed by atoms with E-state index in [2.05, 4.69) is 9.97 Å². The summed E-state index contributed by atoms with van der Waals surface area (Å²) >= 11 is 0. The van der Waals surface area contributed by atoms with Gasteiger partial charge >= 0.3 is 0 Å². The molecular weight excluding hydrogens is 472 g/mol. The number of aromatic hydroxyl groups is 1. The molecule has 2 aromatic heterocycles. The van der Waals surface area contributed by atoms with Crippen molar-refractivity contribution in [1.82, 2.24) is 14.5 Å². The first-order valence-electron chi connectivity index (χ1n) is 12.6. The number of aromatic nitrogens is 3. The van der Waals surface area contributed by atoms with Gasteiger partial charge in [0.25, 0.3) is 5.56 Å². The molecule has 1 N–H and O–H groups in total. The number of hydrogen-bond acceptors (Lipinski definition) is 4. The Morgan fingerprint density at radius 2 is 1.81 bits per heavy atom. The Bertz CT molecular complexity index is 1450. The first kappa shape index (κ1) is 26.2. The van der Waals surface area contributed by atoms with Crippen molar-refractivity contribution >= 4 is 0 Å². The lowest BCUT2D eigenvalue weighted by Crippen LogP contribution is -2.25. The van der Waals surface area contributed by atoms with Gasteiger partial charge < -0.3 is 5.11 Å². The van der Waals surface area contributed by atoms with Crippen molar-refractivity contribution in [2.45, 2.75) is 58.9 Å². The topological polar surface area (TPSA) is 68.0 Å². The highest BCUT2D eigenvalue weighted by molar-refractivity contribution is 5.66. The van der Waals surface area contributed by atoms with Gasteiger partial charge in [0.15, 0.2) is 0 Å². The summed E-state index contributed by atoms with van der Waals surface area (Å²) < 4.78 is 29.7. The number of rotatable bonds is 9. The van der Waals surface area contributed by atoms with Crippen LogP contribution in [0.3, 0.4) is 0 Å². The summed E-state index contributed by atoms with van der Waals surface area (Å²) in [6, 6.07) is 15.1. The highest BCUT2D eigenvalue weighted by Gasteiger charge is 2.23. The molecule has 7 heteroatoms. The van der Waals surface area contributed by atoms with Crippen molar-refractivity contribution in [2.75, 3.05) is 0 Å². The molecule has 0 unspecified atom stereocenters. The van der Waals surface area contributed by atoms with Gasteiger partial charge in [-0.1, -0.05) is 56.7 Å². The lowest BCUT2D eigenvalue weighted by Gasteiger charge is -2.25. The van der Waals surface area contributed by atoms with E-state index < -0.39 is 11.5 Å². The molecule has 4 rings (SSSR count). The molecule has 2 aromatic carbocycles. The Labute approximate surface area is 215 Å². The van der Waals surface area contributed by atoms with Crippen LogP contribution in [0.15, 0.2) is 65.6 Å². The molecule has 0 aliphatic heterocycles. The number of hydrogen-bond donors (Lipinski definition) is 1. The van der Waals surface area contributed by atoms with E-state index in [-0.39, 0.29) is 29.7 Å². The predicted molar refractivity (Wildman–Crippen MR) is 141 cm³/mol. The van der Waals surface area contributed by atoms with Crippen molar-refractivity contribution < 1.29 is 13.9 Å². The van der Waals surface area contributed by atoms with Gasteiger partial charge in [-0.05, 0) is 60.2 Å². The number of nitrogens with zero attached hydrogens (tertiary/aromatic N) is 3. The molecule has 0 saturated heterocycles. The fourth-order valence-electron chi connectivity index (χ4n) is 4.71. The van der Waals surface area contributed by atoms with Crippen LogP contribution in [0.5, 0.6) is 5.88 Å². The summed E-state index contributed by atoms with van der Waals surface area (Å²) in [7, 11) is 0. The SMILES string of the molecule is CCCCc1nc(=O)c(Cc2ccc(-c3ccnc(F)c3C)cc2)c(O)n1[C@@H](CC)c1cccc(F)c1. The van der Waals surface area contributed by atoms with Crippen LogP contribution >= 0.6 is 0 Å². The molecule has 0 spiro atoms. The zero-order valence-corrected chi connectivity index (χ0v) is 21.3. The third-order valence-electron chi connectivity index (χ3n) is 6.74. The minimum Gasteiger partial charge on any atom is -0.494 e. The summed E-state index contributed by atoms with van der Waals surface area (Å²) in [5.41, 5.74) is 3.26. The Morgan fingerprint density at radius 3 is 2.49 bits per heavy atom. The quantitative estimate of drug-likeness (QED) is 0.264. The number of pyridine rings is 1. The van der Waals surface area contributed by atoms with Crippen molar-refractivity contribution in [3.05, 3.63) is 111 Å². The molecule has 0 radical (unpaired) electrons. The van der Waals surface area contributed by atoms with Gasteiger partial charge in [0.05, 0.1) is 11.6 Å². The monoisotopic (exact) mass is 503 g/mol. The van der Waals surface area contributed by atoms with Crippen LogP contribution in [0.2, 0.25) is 0 Å². The smallest absolute Gasteiger partial charge is 0.280 e. The fraction of sp³-hybridized carbons (Fsp3) is 0.300. The van der Waals surface area contributed by atoms with E-state index in [1.165, 1.54) is 18.3 Å². The van der Waals surface area contributed by atoms with Gasteiger partial charge in [-0.3, -0.25) is 9.36 Å². The van der Waals surface area contributed by atoms with Gasteiger partial charge in [-0.25, -0.2) is 9.37 Å². The zero-order chi connectivity index (χ0) is 26.5. The number of unbranched alkanes of at least 4 members (excludes halogenated alkanes) is 1. The van der Waals surface area contributed by atoms with Crippen molar-refractivity contribution in [1.29, 1.82) is 0 Å². The van der Waals surface area contributed by atoms with E-state index in [0.29, 0.717) is 29.8 Å². The molecule has 2 heterocycles. The second-order valence-electron chi connectivity index (χ2n) is 9.24. The summed E-state index contributed by atoms with van der Waals surface area (Å²) in [5.74, 6) is -0.512. The minimum atomic E-state index is -0.509. The molecule has 0 amide bonds. The molecule has 0 aliphatic rings. The minimum absolute atomic E-state index is 0.140. The van der Waals surface area contributed by atoms with Crippen LogP contribution in [0.1, 0.15) is 67.2 Å². The van der Waals surface area contributed by atoms with Crippen molar-refractivity contribution in [3.8, 4) is 17.0 Å². The molecule has 5 nitrogen and oxygen atoms in total. The molecule has 37 heavy (non-hydrogen) atoms. The second kappa shape index (κ2) is 11.5. The Balaban J connectivity index is 1.74. The highest BCUT2D eigenvalue weighted by atomic mass is 19.1. The van der Waals surface area contributed by atoms with Gasteiger partial charge in [-0.2, -0.15) is 9.37 Å². The van der Waals surface area contributed by atoms with E-state index in [4.69, 9.17) is 0 Å². The molecule has 0 fully saturated rings. The third kappa shape index (κ3) is 5.61. The highest BCUT2D eigenvalue weighted by Crippen LogP contribution is 2.31. The van der Waals surface area contributed by atoms with Crippen LogP contribution in [0.4, 0.5) is 8.78 Å². The second-order valence-corrected chi connectivity index (χ2v) is 9.24. The molecule has 0 aliphatic carbocycles. The molecule has 4 aromatic rings. The summed E-state index contributed by atoms with van der Waals surface area (Å²) in [5, 5.41) is 11.4. The van der Waals surface area contributed by atoms with Crippen LogP contribution in [-0.4, -0.2) is 19.6 Å². The van der Waals surface area contributed by atoms with Gasteiger partial charge in [-0.15, -0.1) is 0 Å². The van der Waals surface area contributed by atoms with E-state index in [1.807, 2.05) is 44.2 Å². The molecule has 0 saturated carbocycles. The Morgan fingerprint density at radius 1 is 1.05 bits per heavy atom. The maximum atomic E-state index is 14.1. The number of halogens is 2. The molecular formula is C30H31F2N3O2. The van der Waals surface area contributed by atoms with Gasteiger partial charge in [0, 0.05) is 24.6 Å². The zero-order valence-electron chi connectivity index (χ0n) is 21.3. The van der Waals surface area contributed by atoms with Gasteiger partial charge in [0.1, 0.15) is 11.6 Å². The van der Waals surface area contributed by atoms with Crippen LogP contribution in [0, 0.1) is 18.7 Å². The fourth-order valence-corrected chi connectivity index (χ4v) is 4.71. The lowest BCUT2D eigenvalue weighted by atomic mass is 9.98. The lowest BCUT2D eigenvalue weighted by molar-refractivity contribution is 0.368. The standard InChI is InChI=1S/C30H31F2N3O2/c1-4-6-10-27-34-29(36)25(30(37)35(27)26(5-2)22-8-7-9-23(31)18-22)17-20-11-13-21(14-12-20)24-15-16-33-28(32)19(24)3/h7-9,11-16,18,26,37H,4-6,10,17H2,1-3H3/t26-/m0/s1. The first-order chi connectivity index (χ1) is 17.8. The molecule has 192 valence electrons. The first-order valence-corrected chi connectivity index (χ1v) is 12.6. The van der Waals surface area contributed by atoms with Crippen LogP contribution in [0.25, 0.3) is 11.1 Å². The van der Waals surface area contributed by atoms with Crippen molar-refractivity contribution in [2.24, 2.45) is 0 Å². The third-order valence-corrected chi connectivity index (χ3v) is 6.74. The van der Waals surface area contributed by atoms with Crippen molar-refractivity contribution in [3.63, 3.8) is 0 Å². The molecule has 1 atom stereocenters. The van der Waals surface area contributed by atoms with Gasteiger partial charge in [0.2, 0.25) is 11.8 Å². The average molecular weight is 504 g/mol. The maximum absolute atomic E-state index is 14.1. The maximum Gasteiger partial charge on any atom is 0.280 e. The molecule has 0 bridgehead atoms. The van der Waals surface area contributed by atoms with E-state index in [0.717, 1.165) is 29.5 Å². The summed E-state index contributed by atoms with van der Waals surface area (Å²) in [6.07, 6.45) is 4.43.